The number of benzene rings is 1. The number of hydrogen-bond acceptors (Lipinski definition) is 4. The number of nitrogens with one attached hydrogen (secondary N) is 2. The Morgan fingerprint density at radius 2 is 2.00 bits per heavy atom. The Morgan fingerprint density at radius 3 is 2.69 bits per heavy atom. The molecule has 1 heterocycles. The number of methoxy groups -OCH3 is 1. The summed E-state index contributed by atoms with van der Waals surface area (Å²) in [5.74, 6) is 0.305. The van der Waals surface area contributed by atoms with Crippen molar-refractivity contribution in [3.8, 4) is 5.75 Å². The minimum atomic E-state index is -0.724. The van der Waals surface area contributed by atoms with E-state index in [2.05, 4.69) is 10.6 Å². The van der Waals surface area contributed by atoms with Gasteiger partial charge in [0, 0.05) is 18.5 Å². The van der Waals surface area contributed by atoms with Crippen molar-refractivity contribution >= 4 is 17.8 Å². The summed E-state index contributed by atoms with van der Waals surface area (Å²) in [4.78, 5) is 38.2. The van der Waals surface area contributed by atoms with Crippen LogP contribution in [0.2, 0.25) is 0 Å². The van der Waals surface area contributed by atoms with E-state index < -0.39 is 5.54 Å². The number of urea groups is 1. The molecule has 7 nitrogen and oxygen atoms in total. The van der Waals surface area contributed by atoms with Crippen LogP contribution in [0.5, 0.6) is 5.75 Å². The number of ether oxygens (including phenoxy) is 1. The molecular formula is C19H25N3O4. The average Bonchev–Trinajstić information content (AvgIpc) is 3.19. The molecule has 1 atom stereocenters. The smallest absolute Gasteiger partial charge is 0.325 e. The molecule has 1 spiro atoms. The van der Waals surface area contributed by atoms with Crippen molar-refractivity contribution in [3.63, 3.8) is 0 Å². The van der Waals surface area contributed by atoms with E-state index in [0.717, 1.165) is 18.4 Å². The van der Waals surface area contributed by atoms with Crippen LogP contribution in [-0.2, 0) is 9.59 Å². The molecule has 1 aliphatic carbocycles. The topological polar surface area (TPSA) is 87.7 Å². The van der Waals surface area contributed by atoms with Crippen molar-refractivity contribution in [3.05, 3.63) is 29.8 Å². The summed E-state index contributed by atoms with van der Waals surface area (Å²) in [7, 11) is 1.59. The zero-order valence-electron chi connectivity index (χ0n) is 15.2. The zero-order chi connectivity index (χ0) is 18.7. The van der Waals surface area contributed by atoms with E-state index in [1.54, 1.807) is 7.11 Å². The maximum atomic E-state index is 12.6. The van der Waals surface area contributed by atoms with E-state index in [-0.39, 0.29) is 36.9 Å². The molecule has 3 rings (SSSR count). The number of carbonyl (C=O) groups is 3. The van der Waals surface area contributed by atoms with Crippen LogP contribution in [0, 0.1) is 0 Å². The lowest BCUT2D eigenvalue weighted by Crippen LogP contribution is -2.44. The fourth-order valence-electron chi connectivity index (χ4n) is 3.83. The summed E-state index contributed by atoms with van der Waals surface area (Å²) in [6, 6.07) is 6.87. The lowest BCUT2D eigenvalue weighted by Gasteiger charge is -2.20. The monoisotopic (exact) mass is 359 g/mol. The Balaban J connectivity index is 1.56. The minimum Gasteiger partial charge on any atom is -0.496 e. The van der Waals surface area contributed by atoms with Crippen LogP contribution in [-0.4, -0.2) is 41.9 Å². The van der Waals surface area contributed by atoms with E-state index in [1.807, 2.05) is 31.2 Å². The Bertz CT molecular complexity index is 712. The molecule has 0 aromatic heterocycles. The van der Waals surface area contributed by atoms with Gasteiger partial charge in [0.15, 0.2) is 0 Å². The summed E-state index contributed by atoms with van der Waals surface area (Å²) in [6.45, 7) is 1.97. The standard InChI is InChI=1S/C19H25N3O4/c1-13(14-7-3-4-8-15(14)26-2)20-16(23)9-12-22-17(24)19(21-18(22)25)10-5-6-11-19/h3-4,7-8,13H,5-6,9-12H2,1-2H3,(H,20,23)(H,21,25)/t13-/m0/s1. The first-order valence-electron chi connectivity index (χ1n) is 9.03. The van der Waals surface area contributed by atoms with Crippen LogP contribution in [0.4, 0.5) is 4.79 Å². The molecule has 0 unspecified atom stereocenters. The molecule has 1 aromatic carbocycles. The number of nitrogens with zero attached hydrogens (tertiary/aromatic N) is 1. The molecule has 2 aliphatic rings. The van der Waals surface area contributed by atoms with E-state index in [9.17, 15) is 14.4 Å². The molecule has 2 fully saturated rings. The normalized spacial score (nSPS) is 19.5. The maximum Gasteiger partial charge on any atom is 0.325 e. The van der Waals surface area contributed by atoms with Crippen LogP contribution in [0.25, 0.3) is 0 Å². The second kappa shape index (κ2) is 7.35. The predicted molar refractivity (Wildman–Crippen MR) is 95.6 cm³/mol. The van der Waals surface area contributed by atoms with Gasteiger partial charge in [-0.2, -0.15) is 0 Å². The van der Waals surface area contributed by atoms with Gasteiger partial charge in [0.25, 0.3) is 5.91 Å². The average molecular weight is 359 g/mol. The van der Waals surface area contributed by atoms with Crippen LogP contribution in [0.1, 0.15) is 50.6 Å². The second-order valence-electron chi connectivity index (χ2n) is 6.96. The molecule has 7 heteroatoms. The number of hydrogen-bond donors (Lipinski definition) is 2. The Labute approximate surface area is 153 Å². The fraction of sp³-hybridized carbons (Fsp3) is 0.526. The first kappa shape index (κ1) is 18.2. The van der Waals surface area contributed by atoms with Gasteiger partial charge in [-0.25, -0.2) is 4.79 Å². The highest BCUT2D eigenvalue weighted by Crippen LogP contribution is 2.35. The minimum absolute atomic E-state index is 0.0781. The summed E-state index contributed by atoms with van der Waals surface area (Å²) in [5, 5.41) is 5.72. The first-order valence-corrected chi connectivity index (χ1v) is 9.03. The molecule has 1 aliphatic heterocycles. The SMILES string of the molecule is COc1ccccc1[C@H](C)NC(=O)CCN1C(=O)NC2(CCCC2)C1=O. The Morgan fingerprint density at radius 1 is 1.31 bits per heavy atom. The van der Waals surface area contributed by atoms with E-state index in [1.165, 1.54) is 4.90 Å². The summed E-state index contributed by atoms with van der Waals surface area (Å²) in [5.41, 5.74) is 0.154. The molecule has 26 heavy (non-hydrogen) atoms. The molecule has 1 saturated heterocycles. The van der Waals surface area contributed by atoms with E-state index >= 15 is 0 Å². The van der Waals surface area contributed by atoms with Gasteiger partial charge in [0.1, 0.15) is 11.3 Å². The van der Waals surface area contributed by atoms with Crippen molar-refractivity contribution in [2.45, 2.75) is 50.6 Å². The third kappa shape index (κ3) is 3.38. The molecule has 4 amide bonds. The molecule has 140 valence electrons. The van der Waals surface area contributed by atoms with Gasteiger partial charge in [-0.1, -0.05) is 31.0 Å². The van der Waals surface area contributed by atoms with E-state index in [4.69, 9.17) is 4.74 Å². The Kier molecular flexibility index (Phi) is 5.15. The van der Waals surface area contributed by atoms with Crippen molar-refractivity contribution in [1.82, 2.24) is 15.5 Å². The van der Waals surface area contributed by atoms with Gasteiger partial charge >= 0.3 is 6.03 Å². The second-order valence-corrected chi connectivity index (χ2v) is 6.96. The maximum absolute atomic E-state index is 12.6. The van der Waals surface area contributed by atoms with Gasteiger partial charge in [-0.05, 0) is 25.8 Å². The van der Waals surface area contributed by atoms with Crippen LogP contribution in [0.15, 0.2) is 24.3 Å². The number of amides is 4. The lowest BCUT2D eigenvalue weighted by molar-refractivity contribution is -0.131. The number of rotatable bonds is 6. The van der Waals surface area contributed by atoms with Gasteiger partial charge in [-0.3, -0.25) is 14.5 Å². The van der Waals surface area contributed by atoms with Crippen LogP contribution >= 0.6 is 0 Å². The summed E-state index contributed by atoms with van der Waals surface area (Å²) >= 11 is 0. The van der Waals surface area contributed by atoms with Gasteiger partial charge < -0.3 is 15.4 Å². The van der Waals surface area contributed by atoms with Crippen molar-refractivity contribution in [2.75, 3.05) is 13.7 Å². The number of imide groups is 1. The van der Waals surface area contributed by atoms with Crippen molar-refractivity contribution in [2.24, 2.45) is 0 Å². The zero-order valence-corrected chi connectivity index (χ0v) is 15.2. The third-order valence-corrected chi connectivity index (χ3v) is 5.25. The highest BCUT2D eigenvalue weighted by molar-refractivity contribution is 6.07. The largest absolute Gasteiger partial charge is 0.496 e. The van der Waals surface area contributed by atoms with Gasteiger partial charge in [-0.15, -0.1) is 0 Å². The summed E-state index contributed by atoms with van der Waals surface area (Å²) < 4.78 is 5.31. The van der Waals surface area contributed by atoms with E-state index in [0.29, 0.717) is 18.6 Å². The van der Waals surface area contributed by atoms with Crippen LogP contribution < -0.4 is 15.4 Å². The fourth-order valence-corrected chi connectivity index (χ4v) is 3.83. The molecule has 0 radical (unpaired) electrons. The quantitative estimate of drug-likeness (QED) is 0.762. The Hall–Kier alpha value is -2.57. The number of carbonyl (C=O) groups excluding carboxylic acids is 3. The molecule has 2 N–H and O–H groups in total. The third-order valence-electron chi connectivity index (χ3n) is 5.25. The first-order chi connectivity index (χ1) is 12.5. The lowest BCUT2D eigenvalue weighted by atomic mass is 9.98. The number of para-hydroxylation sites is 1. The molecule has 0 bridgehead atoms. The molecule has 1 aromatic rings. The predicted octanol–water partition coefficient (Wildman–Crippen LogP) is 2.13. The summed E-state index contributed by atoms with van der Waals surface area (Å²) in [6.07, 6.45) is 3.33. The van der Waals surface area contributed by atoms with Crippen molar-refractivity contribution in [1.29, 1.82) is 0 Å². The highest BCUT2D eigenvalue weighted by Gasteiger charge is 2.52. The van der Waals surface area contributed by atoms with Crippen LogP contribution in [0.3, 0.4) is 0 Å². The van der Waals surface area contributed by atoms with Gasteiger partial charge in [0.2, 0.25) is 5.91 Å². The molecule has 1 saturated carbocycles. The molecular weight excluding hydrogens is 334 g/mol. The van der Waals surface area contributed by atoms with Crippen molar-refractivity contribution < 1.29 is 19.1 Å². The highest BCUT2D eigenvalue weighted by atomic mass is 16.5. The van der Waals surface area contributed by atoms with Gasteiger partial charge in [0.05, 0.1) is 13.2 Å².